The van der Waals surface area contributed by atoms with Crippen molar-refractivity contribution in [3.05, 3.63) is 0 Å². The van der Waals surface area contributed by atoms with Crippen LogP contribution in [0.25, 0.3) is 0 Å². The fourth-order valence-corrected chi connectivity index (χ4v) is 3.26. The number of rotatable bonds is 8. The van der Waals surface area contributed by atoms with Gasteiger partial charge in [-0.15, -0.1) is 0 Å². The summed E-state index contributed by atoms with van der Waals surface area (Å²) in [6, 6.07) is 0. The first-order valence-electron chi connectivity index (χ1n) is 5.38. The molecule has 0 aliphatic heterocycles. The van der Waals surface area contributed by atoms with Gasteiger partial charge in [-0.25, -0.2) is 0 Å². The van der Waals surface area contributed by atoms with Gasteiger partial charge >= 0.3 is 0 Å². The molecule has 0 aromatic carbocycles. The molecule has 0 aromatic rings. The zero-order chi connectivity index (χ0) is 10.2. The maximum Gasteiger partial charge on any atom is 0.00877 e. The van der Waals surface area contributed by atoms with Gasteiger partial charge in [-0.3, -0.25) is 0 Å². The lowest BCUT2D eigenvalue weighted by Crippen LogP contribution is -2.20. The monoisotopic (exact) mass is 266 g/mol. The molecule has 0 nitrogen and oxygen atoms in total. The number of thioether (sulfide) groups is 1. The molecule has 0 unspecified atom stereocenters. The minimum atomic E-state index is 0.578. The molecular formula is C11H23BrS. The first-order chi connectivity index (χ1) is 6.24. The SMILES string of the molecule is CCSCCCC(CC)(CC)CBr. The van der Waals surface area contributed by atoms with Crippen LogP contribution in [0.15, 0.2) is 0 Å². The van der Waals surface area contributed by atoms with E-state index in [0.717, 1.165) is 0 Å². The molecule has 0 aliphatic rings. The van der Waals surface area contributed by atoms with E-state index in [1.165, 1.54) is 42.5 Å². The van der Waals surface area contributed by atoms with Crippen LogP contribution in [0.5, 0.6) is 0 Å². The Morgan fingerprint density at radius 2 is 1.77 bits per heavy atom. The van der Waals surface area contributed by atoms with Crippen molar-refractivity contribution in [1.29, 1.82) is 0 Å². The predicted molar refractivity (Wildman–Crippen MR) is 69.0 cm³/mol. The Morgan fingerprint density at radius 1 is 1.15 bits per heavy atom. The summed E-state index contributed by atoms with van der Waals surface area (Å²) in [5, 5.41) is 1.17. The van der Waals surface area contributed by atoms with Crippen molar-refractivity contribution in [3.8, 4) is 0 Å². The molecule has 0 bridgehead atoms. The predicted octanol–water partition coefficient (Wildman–Crippen LogP) is 4.72. The van der Waals surface area contributed by atoms with E-state index in [4.69, 9.17) is 0 Å². The van der Waals surface area contributed by atoms with Gasteiger partial charge in [0, 0.05) is 5.33 Å². The van der Waals surface area contributed by atoms with Crippen LogP contribution in [0.4, 0.5) is 0 Å². The lowest BCUT2D eigenvalue weighted by molar-refractivity contribution is 0.281. The molecule has 0 aromatic heterocycles. The third-order valence-corrected chi connectivity index (χ3v) is 5.16. The quantitative estimate of drug-likeness (QED) is 0.453. The van der Waals surface area contributed by atoms with Crippen LogP contribution in [0.1, 0.15) is 46.5 Å². The number of hydrogen-bond acceptors (Lipinski definition) is 1. The standard InChI is InChI=1S/C11H23BrS/c1-4-11(5-2,10-12)8-7-9-13-6-3/h4-10H2,1-3H3. The maximum absolute atomic E-state index is 3.66. The summed E-state index contributed by atoms with van der Waals surface area (Å²) in [5.41, 5.74) is 0.578. The van der Waals surface area contributed by atoms with E-state index in [-0.39, 0.29) is 0 Å². The van der Waals surface area contributed by atoms with Gasteiger partial charge in [0.1, 0.15) is 0 Å². The summed E-state index contributed by atoms with van der Waals surface area (Å²) < 4.78 is 0. The van der Waals surface area contributed by atoms with Gasteiger partial charge in [-0.05, 0) is 42.6 Å². The molecule has 13 heavy (non-hydrogen) atoms. The lowest BCUT2D eigenvalue weighted by atomic mass is 9.80. The van der Waals surface area contributed by atoms with E-state index in [1.807, 2.05) is 0 Å². The second kappa shape index (κ2) is 8.16. The fourth-order valence-electron chi connectivity index (χ4n) is 1.55. The summed E-state index contributed by atoms with van der Waals surface area (Å²) in [7, 11) is 0. The first kappa shape index (κ1) is 13.8. The maximum atomic E-state index is 3.66. The van der Waals surface area contributed by atoms with E-state index >= 15 is 0 Å². The summed E-state index contributed by atoms with van der Waals surface area (Å²) in [5.74, 6) is 2.60. The summed E-state index contributed by atoms with van der Waals surface area (Å²) in [4.78, 5) is 0. The molecule has 0 radical (unpaired) electrons. The number of halogens is 1. The molecule has 2 heteroatoms. The number of hydrogen-bond donors (Lipinski definition) is 0. The smallest absolute Gasteiger partial charge is 0.00877 e. The van der Waals surface area contributed by atoms with Crippen LogP contribution < -0.4 is 0 Å². The average Bonchev–Trinajstić information content (AvgIpc) is 2.20. The Morgan fingerprint density at radius 3 is 2.15 bits per heavy atom. The van der Waals surface area contributed by atoms with Crippen molar-refractivity contribution in [2.75, 3.05) is 16.8 Å². The molecule has 0 rings (SSSR count). The van der Waals surface area contributed by atoms with E-state index in [9.17, 15) is 0 Å². The fraction of sp³-hybridized carbons (Fsp3) is 1.00. The Hall–Kier alpha value is 0.830. The van der Waals surface area contributed by atoms with E-state index in [2.05, 4.69) is 48.5 Å². The van der Waals surface area contributed by atoms with Crippen LogP contribution in [0.3, 0.4) is 0 Å². The second-order valence-electron chi connectivity index (χ2n) is 3.64. The van der Waals surface area contributed by atoms with Gasteiger partial charge < -0.3 is 0 Å². The number of alkyl halides is 1. The second-order valence-corrected chi connectivity index (χ2v) is 5.60. The molecule has 0 saturated heterocycles. The van der Waals surface area contributed by atoms with Crippen LogP contribution in [-0.2, 0) is 0 Å². The minimum Gasteiger partial charge on any atom is -0.162 e. The summed E-state index contributed by atoms with van der Waals surface area (Å²) in [6.07, 6.45) is 5.39. The highest BCUT2D eigenvalue weighted by molar-refractivity contribution is 9.09. The molecule has 80 valence electrons. The van der Waals surface area contributed by atoms with Gasteiger partial charge in [0.25, 0.3) is 0 Å². The Balaban J connectivity index is 3.68. The summed E-state index contributed by atoms with van der Waals surface area (Å²) in [6.45, 7) is 6.87. The zero-order valence-corrected chi connectivity index (χ0v) is 11.6. The Labute approximate surface area is 96.4 Å². The molecule has 0 amide bonds. The Kier molecular flexibility index (Phi) is 8.69. The lowest BCUT2D eigenvalue weighted by Gasteiger charge is -2.29. The highest BCUT2D eigenvalue weighted by Gasteiger charge is 2.23. The molecule has 0 atom stereocenters. The van der Waals surface area contributed by atoms with Crippen LogP contribution in [0.2, 0.25) is 0 Å². The largest absolute Gasteiger partial charge is 0.162 e. The average molecular weight is 267 g/mol. The van der Waals surface area contributed by atoms with Crippen molar-refractivity contribution in [3.63, 3.8) is 0 Å². The molecule has 0 N–H and O–H groups in total. The van der Waals surface area contributed by atoms with Gasteiger partial charge in [0.15, 0.2) is 0 Å². The topological polar surface area (TPSA) is 0 Å². The van der Waals surface area contributed by atoms with Crippen LogP contribution in [-0.4, -0.2) is 16.8 Å². The van der Waals surface area contributed by atoms with Crippen molar-refractivity contribution in [2.24, 2.45) is 5.41 Å². The van der Waals surface area contributed by atoms with E-state index in [0.29, 0.717) is 5.41 Å². The molecule has 0 saturated carbocycles. The van der Waals surface area contributed by atoms with Crippen LogP contribution in [0, 0.1) is 5.41 Å². The molecule has 0 fully saturated rings. The molecule has 0 heterocycles. The Bertz CT molecular complexity index is 102. The van der Waals surface area contributed by atoms with Gasteiger partial charge in [0.05, 0.1) is 0 Å². The normalized spacial score (nSPS) is 12.0. The van der Waals surface area contributed by atoms with Crippen molar-refractivity contribution in [2.45, 2.75) is 46.5 Å². The minimum absolute atomic E-state index is 0.578. The van der Waals surface area contributed by atoms with Crippen LogP contribution >= 0.6 is 27.7 Å². The van der Waals surface area contributed by atoms with E-state index < -0.39 is 0 Å². The third-order valence-electron chi connectivity index (χ3n) is 2.98. The first-order valence-corrected chi connectivity index (χ1v) is 7.66. The van der Waals surface area contributed by atoms with Gasteiger partial charge in [-0.2, -0.15) is 11.8 Å². The summed E-state index contributed by atoms with van der Waals surface area (Å²) >= 11 is 5.72. The highest BCUT2D eigenvalue weighted by atomic mass is 79.9. The van der Waals surface area contributed by atoms with Crippen molar-refractivity contribution >= 4 is 27.7 Å². The van der Waals surface area contributed by atoms with Crippen molar-refractivity contribution in [1.82, 2.24) is 0 Å². The highest BCUT2D eigenvalue weighted by Crippen LogP contribution is 2.34. The molecule has 0 spiro atoms. The zero-order valence-electron chi connectivity index (χ0n) is 9.24. The van der Waals surface area contributed by atoms with Gasteiger partial charge in [0.2, 0.25) is 0 Å². The van der Waals surface area contributed by atoms with E-state index in [1.54, 1.807) is 0 Å². The molecule has 0 aliphatic carbocycles. The van der Waals surface area contributed by atoms with Crippen molar-refractivity contribution < 1.29 is 0 Å². The molecular weight excluding hydrogens is 244 g/mol. The van der Waals surface area contributed by atoms with Gasteiger partial charge in [-0.1, -0.05) is 36.7 Å². The third kappa shape index (κ3) is 5.31.